The lowest BCUT2D eigenvalue weighted by Crippen LogP contribution is -1.99. The summed E-state index contributed by atoms with van der Waals surface area (Å²) in [6.07, 6.45) is 0. The number of ether oxygens (including phenoxy) is 3. The summed E-state index contributed by atoms with van der Waals surface area (Å²) in [5.74, 6) is 1.62. The molecule has 0 atom stereocenters. The van der Waals surface area contributed by atoms with Gasteiger partial charge < -0.3 is 18.7 Å². The minimum atomic E-state index is -0.581. The van der Waals surface area contributed by atoms with E-state index in [1.807, 2.05) is 0 Å². The molecule has 10 heteroatoms. The van der Waals surface area contributed by atoms with Gasteiger partial charge in [-0.25, -0.2) is 0 Å². The number of aromatic nitrogens is 2. The second kappa shape index (κ2) is 7.92. The first-order chi connectivity index (χ1) is 13.0. The number of methoxy groups -OCH3 is 2. The number of nitro benzene ring substituents is 1. The fourth-order valence-corrected chi connectivity index (χ4v) is 2.47. The third kappa shape index (κ3) is 4.09. The summed E-state index contributed by atoms with van der Waals surface area (Å²) < 4.78 is 21.1. The Balaban J connectivity index is 1.79. The highest BCUT2D eigenvalue weighted by molar-refractivity contribution is 6.30. The smallest absolute Gasteiger partial charge is 0.312 e. The first-order valence-corrected chi connectivity index (χ1v) is 8.01. The zero-order valence-electron chi connectivity index (χ0n) is 14.3. The highest BCUT2D eigenvalue weighted by Crippen LogP contribution is 2.32. The van der Waals surface area contributed by atoms with Crippen molar-refractivity contribution in [1.29, 1.82) is 0 Å². The van der Waals surface area contributed by atoms with Crippen molar-refractivity contribution in [3.63, 3.8) is 0 Å². The van der Waals surface area contributed by atoms with Crippen LogP contribution in [0.25, 0.3) is 11.4 Å². The first kappa shape index (κ1) is 18.5. The summed E-state index contributed by atoms with van der Waals surface area (Å²) in [6.45, 7) is -0.145. The number of hydrogen-bond acceptors (Lipinski definition) is 8. The van der Waals surface area contributed by atoms with Crippen LogP contribution in [0.5, 0.6) is 17.2 Å². The number of halogens is 1. The van der Waals surface area contributed by atoms with Gasteiger partial charge in [-0.2, -0.15) is 4.98 Å². The molecule has 1 heterocycles. The molecule has 2 aromatic carbocycles. The predicted octanol–water partition coefficient (Wildman–Crippen LogP) is 3.89. The van der Waals surface area contributed by atoms with Crippen molar-refractivity contribution in [3.05, 3.63) is 57.4 Å². The van der Waals surface area contributed by atoms with Crippen molar-refractivity contribution in [2.75, 3.05) is 14.2 Å². The van der Waals surface area contributed by atoms with Crippen molar-refractivity contribution in [2.24, 2.45) is 0 Å². The molecule has 3 rings (SSSR count). The Bertz CT molecular complexity index is 975. The first-order valence-electron chi connectivity index (χ1n) is 7.63. The van der Waals surface area contributed by atoms with Gasteiger partial charge in [-0.15, -0.1) is 0 Å². The molecule has 0 aliphatic carbocycles. The van der Waals surface area contributed by atoms with Gasteiger partial charge in [0.1, 0.15) is 11.5 Å². The van der Waals surface area contributed by atoms with E-state index < -0.39 is 4.92 Å². The molecule has 9 nitrogen and oxygen atoms in total. The van der Waals surface area contributed by atoms with E-state index in [1.54, 1.807) is 25.3 Å². The maximum absolute atomic E-state index is 11.1. The topological polar surface area (TPSA) is 110 Å². The highest BCUT2D eigenvalue weighted by Gasteiger charge is 2.18. The van der Waals surface area contributed by atoms with Gasteiger partial charge in [0.05, 0.1) is 24.7 Å². The fraction of sp³-hybridized carbons (Fsp3) is 0.176. The van der Waals surface area contributed by atoms with Gasteiger partial charge in [-0.3, -0.25) is 10.1 Å². The lowest BCUT2D eigenvalue weighted by Gasteiger charge is -2.07. The molecule has 0 fully saturated rings. The molecule has 27 heavy (non-hydrogen) atoms. The van der Waals surface area contributed by atoms with Gasteiger partial charge in [0.25, 0.3) is 5.89 Å². The largest absolute Gasteiger partial charge is 0.497 e. The van der Waals surface area contributed by atoms with E-state index in [1.165, 1.54) is 25.3 Å². The van der Waals surface area contributed by atoms with Crippen LogP contribution in [0.15, 0.2) is 40.9 Å². The van der Waals surface area contributed by atoms with Gasteiger partial charge >= 0.3 is 5.69 Å². The van der Waals surface area contributed by atoms with E-state index in [0.717, 1.165) is 0 Å². The van der Waals surface area contributed by atoms with Gasteiger partial charge in [0, 0.05) is 17.2 Å². The monoisotopic (exact) mass is 391 g/mol. The molecule has 1 aromatic heterocycles. The molecule has 0 unspecified atom stereocenters. The normalized spacial score (nSPS) is 10.5. The zero-order chi connectivity index (χ0) is 19.4. The zero-order valence-corrected chi connectivity index (χ0v) is 15.1. The lowest BCUT2D eigenvalue weighted by molar-refractivity contribution is -0.385. The van der Waals surface area contributed by atoms with E-state index in [-0.39, 0.29) is 29.0 Å². The van der Waals surface area contributed by atoms with Crippen LogP contribution in [0.3, 0.4) is 0 Å². The lowest BCUT2D eigenvalue weighted by atomic mass is 10.2. The van der Waals surface area contributed by atoms with Crippen LogP contribution in [0, 0.1) is 10.1 Å². The molecular weight excluding hydrogens is 378 g/mol. The van der Waals surface area contributed by atoms with Crippen molar-refractivity contribution < 1.29 is 23.7 Å². The van der Waals surface area contributed by atoms with Crippen LogP contribution in [0.1, 0.15) is 5.89 Å². The third-order valence-electron chi connectivity index (χ3n) is 3.59. The van der Waals surface area contributed by atoms with E-state index >= 15 is 0 Å². The number of hydrogen-bond donors (Lipinski definition) is 0. The molecule has 3 aromatic rings. The summed E-state index contributed by atoms with van der Waals surface area (Å²) in [5.41, 5.74) is 0.352. The maximum Gasteiger partial charge on any atom is 0.312 e. The summed E-state index contributed by atoms with van der Waals surface area (Å²) in [7, 11) is 3.07. The van der Waals surface area contributed by atoms with Crippen LogP contribution in [0.4, 0.5) is 5.69 Å². The Morgan fingerprint density at radius 1 is 1.15 bits per heavy atom. The Morgan fingerprint density at radius 2 is 1.96 bits per heavy atom. The van der Waals surface area contributed by atoms with E-state index in [4.69, 9.17) is 30.3 Å². The molecule has 0 spiro atoms. The van der Waals surface area contributed by atoms with E-state index in [0.29, 0.717) is 22.9 Å². The Hall–Kier alpha value is -3.33. The SMILES string of the molecule is COc1ccc(-c2noc(COc3ccc(Cl)cc3[N+](=O)[O-])n2)c(OC)c1. The molecule has 0 aliphatic heterocycles. The van der Waals surface area contributed by atoms with Crippen molar-refractivity contribution >= 4 is 17.3 Å². The molecule has 0 saturated heterocycles. The van der Waals surface area contributed by atoms with Crippen LogP contribution >= 0.6 is 11.6 Å². The Labute approximate surface area is 158 Å². The minimum absolute atomic E-state index is 0.0474. The summed E-state index contributed by atoms with van der Waals surface area (Å²) in [5, 5.41) is 15.2. The molecule has 0 bridgehead atoms. The average Bonchev–Trinajstić information content (AvgIpc) is 3.15. The predicted molar refractivity (Wildman–Crippen MR) is 95.3 cm³/mol. The van der Waals surface area contributed by atoms with Crippen LogP contribution < -0.4 is 14.2 Å². The molecule has 0 radical (unpaired) electrons. The van der Waals surface area contributed by atoms with E-state index in [9.17, 15) is 10.1 Å². The molecule has 0 saturated carbocycles. The van der Waals surface area contributed by atoms with Gasteiger partial charge in [-0.05, 0) is 24.3 Å². The Morgan fingerprint density at radius 3 is 2.67 bits per heavy atom. The number of benzene rings is 2. The average molecular weight is 392 g/mol. The molecule has 0 N–H and O–H groups in total. The second-order valence-corrected chi connectivity index (χ2v) is 5.67. The summed E-state index contributed by atoms with van der Waals surface area (Å²) >= 11 is 5.78. The van der Waals surface area contributed by atoms with Gasteiger partial charge in [0.15, 0.2) is 12.4 Å². The number of rotatable bonds is 7. The number of nitro groups is 1. The molecular formula is C17H14ClN3O6. The molecule has 140 valence electrons. The molecule has 0 amide bonds. The van der Waals surface area contributed by atoms with Crippen molar-refractivity contribution in [1.82, 2.24) is 10.1 Å². The van der Waals surface area contributed by atoms with Crippen LogP contribution in [0.2, 0.25) is 5.02 Å². The second-order valence-electron chi connectivity index (χ2n) is 5.24. The van der Waals surface area contributed by atoms with Crippen molar-refractivity contribution in [2.45, 2.75) is 6.61 Å². The Kier molecular flexibility index (Phi) is 5.41. The van der Waals surface area contributed by atoms with Gasteiger partial charge in [-0.1, -0.05) is 16.8 Å². The third-order valence-corrected chi connectivity index (χ3v) is 3.82. The van der Waals surface area contributed by atoms with Gasteiger partial charge in [0.2, 0.25) is 5.82 Å². The van der Waals surface area contributed by atoms with E-state index in [2.05, 4.69) is 10.1 Å². The number of nitrogens with zero attached hydrogens (tertiary/aromatic N) is 3. The summed E-state index contributed by atoms with van der Waals surface area (Å²) in [6, 6.07) is 9.27. The van der Waals surface area contributed by atoms with Crippen LogP contribution in [-0.2, 0) is 6.61 Å². The quantitative estimate of drug-likeness (QED) is 0.440. The standard InChI is InChI=1S/C17H14ClN3O6/c1-24-11-4-5-12(15(8-11)25-2)17-19-16(27-20-17)9-26-14-6-3-10(18)7-13(14)21(22)23/h3-8H,9H2,1-2H3. The summed E-state index contributed by atoms with van der Waals surface area (Å²) in [4.78, 5) is 14.7. The van der Waals surface area contributed by atoms with Crippen molar-refractivity contribution in [3.8, 4) is 28.6 Å². The molecule has 0 aliphatic rings. The minimum Gasteiger partial charge on any atom is -0.497 e. The highest BCUT2D eigenvalue weighted by atomic mass is 35.5. The maximum atomic E-state index is 11.1. The van der Waals surface area contributed by atoms with Crippen LogP contribution in [-0.4, -0.2) is 29.3 Å². The fourth-order valence-electron chi connectivity index (χ4n) is 2.30.